The molecule has 0 aromatic rings. The highest BCUT2D eigenvalue weighted by atomic mass is 32.3. The van der Waals surface area contributed by atoms with E-state index in [4.69, 9.17) is 5.11 Å². The van der Waals surface area contributed by atoms with Crippen LogP contribution in [0.2, 0.25) is 0 Å². The molecule has 0 aliphatic heterocycles. The molecule has 2 unspecified atom stereocenters. The van der Waals surface area contributed by atoms with Gasteiger partial charge in [0.15, 0.2) is 0 Å². The fraction of sp³-hybridized carbons (Fsp3) is 1.00. The molecule has 0 heterocycles. The van der Waals surface area contributed by atoms with Crippen molar-refractivity contribution < 1.29 is 48.2 Å². The molecule has 14 heteroatoms. The maximum absolute atomic E-state index is 11.5. The average Bonchev–Trinajstić information content (AvgIpc) is 1.96. The molecule has 0 saturated heterocycles. The standard InChI is InChI=1S/C3H3F6NO5S2/c4-2(5,6)14-16(12)10(1-11)17(13)15-3(7,8)9/h11H,1H2. The van der Waals surface area contributed by atoms with E-state index in [2.05, 4.69) is 8.37 Å². The Morgan fingerprint density at radius 3 is 1.41 bits per heavy atom. The molecule has 0 fully saturated rings. The van der Waals surface area contributed by atoms with Gasteiger partial charge in [-0.3, -0.25) is 0 Å². The lowest BCUT2D eigenvalue weighted by Gasteiger charge is -2.16. The minimum Gasteiger partial charge on any atom is -0.379 e. The lowest BCUT2D eigenvalue weighted by molar-refractivity contribution is -0.272. The van der Waals surface area contributed by atoms with Crippen LogP contribution < -0.4 is 0 Å². The second-order valence-corrected chi connectivity index (χ2v) is 4.28. The van der Waals surface area contributed by atoms with Gasteiger partial charge in [-0.25, -0.2) is 8.42 Å². The van der Waals surface area contributed by atoms with Crippen LogP contribution in [-0.4, -0.2) is 36.7 Å². The summed E-state index contributed by atoms with van der Waals surface area (Å²) in [5.74, 6) is 0. The molecule has 0 aromatic heterocycles. The van der Waals surface area contributed by atoms with Crippen LogP contribution in [-0.2, 0) is 30.9 Å². The Morgan fingerprint density at radius 2 is 1.24 bits per heavy atom. The van der Waals surface area contributed by atoms with Crippen LogP contribution in [0.5, 0.6) is 0 Å². The van der Waals surface area contributed by atoms with Crippen molar-refractivity contribution in [2.45, 2.75) is 12.7 Å². The highest BCUT2D eigenvalue weighted by molar-refractivity contribution is 7.93. The summed E-state index contributed by atoms with van der Waals surface area (Å²) < 4.78 is 95.1. The van der Waals surface area contributed by atoms with Gasteiger partial charge in [-0.1, -0.05) is 3.71 Å². The third-order valence-corrected chi connectivity index (χ3v) is 3.07. The van der Waals surface area contributed by atoms with Gasteiger partial charge in [0.1, 0.15) is 6.73 Å². The summed E-state index contributed by atoms with van der Waals surface area (Å²) in [6, 6.07) is 0. The number of aliphatic hydroxyl groups is 1. The highest BCUT2D eigenvalue weighted by Gasteiger charge is 2.41. The number of hydrogen-bond donors (Lipinski definition) is 1. The summed E-state index contributed by atoms with van der Waals surface area (Å²) in [5.41, 5.74) is 0. The molecule has 0 saturated carbocycles. The maximum Gasteiger partial charge on any atom is 0.536 e. The number of hydrogen-bond acceptors (Lipinski definition) is 5. The molecule has 0 radical (unpaired) electrons. The maximum atomic E-state index is 11.5. The van der Waals surface area contributed by atoms with Crippen molar-refractivity contribution in [1.29, 1.82) is 0 Å². The van der Waals surface area contributed by atoms with Gasteiger partial charge < -0.3 is 5.11 Å². The summed E-state index contributed by atoms with van der Waals surface area (Å²) in [5, 5.41) is 8.31. The normalized spacial score (nSPS) is 17.2. The quantitative estimate of drug-likeness (QED) is 0.590. The number of nitrogens with zero attached hydrogens (tertiary/aromatic N) is 1. The number of rotatable bonds is 5. The molecular formula is C3H3F6NO5S2. The first-order valence-electron chi connectivity index (χ1n) is 3.21. The third kappa shape index (κ3) is 7.61. The van der Waals surface area contributed by atoms with E-state index in [0.717, 1.165) is 0 Å². The fourth-order valence-electron chi connectivity index (χ4n) is 0.389. The molecule has 2 atom stereocenters. The summed E-state index contributed by atoms with van der Waals surface area (Å²) in [7, 11) is 0. The Labute approximate surface area is 94.7 Å². The predicted molar refractivity (Wildman–Crippen MR) is 39.5 cm³/mol. The van der Waals surface area contributed by atoms with E-state index in [9.17, 15) is 34.8 Å². The van der Waals surface area contributed by atoms with Gasteiger partial charge in [0.2, 0.25) is 0 Å². The van der Waals surface area contributed by atoms with E-state index in [1.54, 1.807) is 0 Å². The van der Waals surface area contributed by atoms with Gasteiger partial charge in [-0.05, 0) is 0 Å². The molecule has 0 amide bonds. The van der Waals surface area contributed by atoms with Gasteiger partial charge >= 0.3 is 12.7 Å². The van der Waals surface area contributed by atoms with Crippen LogP contribution in [0.25, 0.3) is 0 Å². The highest BCUT2D eigenvalue weighted by Crippen LogP contribution is 2.23. The largest absolute Gasteiger partial charge is 0.536 e. The molecule has 0 aliphatic carbocycles. The summed E-state index contributed by atoms with van der Waals surface area (Å²) in [6.45, 7) is -1.69. The van der Waals surface area contributed by atoms with Crippen LogP contribution in [0.15, 0.2) is 0 Å². The van der Waals surface area contributed by atoms with Crippen LogP contribution in [0.1, 0.15) is 0 Å². The second kappa shape index (κ2) is 6.05. The van der Waals surface area contributed by atoms with Crippen molar-refractivity contribution >= 4 is 22.5 Å². The predicted octanol–water partition coefficient (Wildman–Crippen LogP) is 0.468. The summed E-state index contributed by atoms with van der Waals surface area (Å²) >= 11 is -7.32. The molecule has 0 rings (SSSR count). The minimum atomic E-state index is -5.46. The van der Waals surface area contributed by atoms with Crippen LogP contribution in [0.4, 0.5) is 26.3 Å². The fourth-order valence-corrected chi connectivity index (χ4v) is 1.65. The van der Waals surface area contributed by atoms with E-state index in [0.29, 0.717) is 0 Å². The van der Waals surface area contributed by atoms with Gasteiger partial charge in [-0.15, -0.1) is 26.3 Å². The van der Waals surface area contributed by atoms with Crippen LogP contribution in [0, 0.1) is 0 Å². The molecule has 17 heavy (non-hydrogen) atoms. The number of alkyl halides is 6. The first kappa shape index (κ1) is 16.7. The lowest BCUT2D eigenvalue weighted by atomic mass is 11.4. The van der Waals surface area contributed by atoms with E-state index in [1.807, 2.05) is 0 Å². The average molecular weight is 311 g/mol. The zero-order valence-corrected chi connectivity index (χ0v) is 8.95. The van der Waals surface area contributed by atoms with Crippen LogP contribution >= 0.6 is 0 Å². The van der Waals surface area contributed by atoms with E-state index >= 15 is 0 Å². The molecule has 0 aromatic carbocycles. The second-order valence-electron chi connectivity index (χ2n) is 1.97. The monoisotopic (exact) mass is 311 g/mol. The van der Waals surface area contributed by atoms with Crippen molar-refractivity contribution in [2.75, 3.05) is 6.73 Å². The van der Waals surface area contributed by atoms with Crippen molar-refractivity contribution in [1.82, 2.24) is 3.71 Å². The smallest absolute Gasteiger partial charge is 0.379 e. The first-order chi connectivity index (χ1) is 7.46. The Hall–Kier alpha value is -0.280. The van der Waals surface area contributed by atoms with Gasteiger partial charge in [0, 0.05) is 0 Å². The number of halogens is 6. The summed E-state index contributed by atoms with van der Waals surface area (Å²) in [6.07, 6.45) is -10.9. The SMILES string of the molecule is O=S(OC(F)(F)F)N(CO)S(=O)OC(F)(F)F. The number of aliphatic hydroxyl groups excluding tert-OH is 1. The Kier molecular flexibility index (Phi) is 5.95. The zero-order chi connectivity index (χ0) is 13.9. The van der Waals surface area contributed by atoms with Crippen molar-refractivity contribution in [3.63, 3.8) is 0 Å². The van der Waals surface area contributed by atoms with Gasteiger partial charge in [-0.2, -0.15) is 8.37 Å². The zero-order valence-electron chi connectivity index (χ0n) is 7.32. The molecule has 1 N–H and O–H groups in total. The van der Waals surface area contributed by atoms with Crippen molar-refractivity contribution in [3.05, 3.63) is 0 Å². The minimum absolute atomic E-state index is 0.721. The molecule has 104 valence electrons. The van der Waals surface area contributed by atoms with Crippen LogP contribution in [0.3, 0.4) is 0 Å². The topological polar surface area (TPSA) is 76.1 Å². The lowest BCUT2D eigenvalue weighted by Crippen LogP contribution is -2.36. The van der Waals surface area contributed by atoms with Crippen molar-refractivity contribution in [2.24, 2.45) is 0 Å². The van der Waals surface area contributed by atoms with Crippen molar-refractivity contribution in [3.8, 4) is 0 Å². The molecule has 0 aliphatic rings. The van der Waals surface area contributed by atoms with Gasteiger partial charge in [0.25, 0.3) is 22.5 Å². The third-order valence-electron chi connectivity index (χ3n) is 0.780. The van der Waals surface area contributed by atoms with E-state index in [-0.39, 0.29) is 0 Å². The Bertz CT molecular complexity index is 275. The molecular weight excluding hydrogens is 308 g/mol. The molecule has 0 spiro atoms. The molecule has 6 nitrogen and oxygen atoms in total. The van der Waals surface area contributed by atoms with E-state index in [1.165, 1.54) is 0 Å². The first-order valence-corrected chi connectivity index (χ1v) is 5.27. The Balaban J connectivity index is 4.62. The van der Waals surface area contributed by atoms with E-state index < -0.39 is 45.7 Å². The van der Waals surface area contributed by atoms with Gasteiger partial charge in [0.05, 0.1) is 0 Å². The summed E-state index contributed by atoms with van der Waals surface area (Å²) in [4.78, 5) is 0. The Morgan fingerprint density at radius 1 is 0.941 bits per heavy atom. The molecule has 0 bridgehead atoms.